The fraction of sp³-hybridized carbons (Fsp3) is 0.600. The first-order valence-electron chi connectivity index (χ1n) is 7.02. The maximum atomic E-state index is 9.22. The van der Waals surface area contributed by atoms with Gasteiger partial charge in [0, 0.05) is 37.9 Å². The highest BCUT2D eigenvalue weighted by Gasteiger charge is 2.22. The highest BCUT2D eigenvalue weighted by Crippen LogP contribution is 2.17. The topological polar surface area (TPSA) is 55.2 Å². The van der Waals surface area contributed by atoms with E-state index in [1.807, 2.05) is 19.9 Å². The van der Waals surface area contributed by atoms with Gasteiger partial charge in [0.2, 0.25) is 0 Å². The van der Waals surface area contributed by atoms with Crippen LogP contribution < -0.4 is 5.32 Å². The van der Waals surface area contributed by atoms with Crippen molar-refractivity contribution >= 4 is 5.82 Å². The molecule has 0 radical (unpaired) electrons. The smallest absolute Gasteiger partial charge is 0.144 e. The first kappa shape index (κ1) is 14.8. The summed E-state index contributed by atoms with van der Waals surface area (Å²) < 4.78 is 0. The predicted octanol–water partition coefficient (Wildman–Crippen LogP) is 1.23. The number of nitrogens with zero attached hydrogens (tertiary/aromatic N) is 4. The van der Waals surface area contributed by atoms with Gasteiger partial charge in [-0.25, -0.2) is 4.98 Å². The first-order chi connectivity index (χ1) is 9.51. The van der Waals surface area contributed by atoms with E-state index in [4.69, 9.17) is 0 Å². The van der Waals surface area contributed by atoms with Crippen LogP contribution in [0.1, 0.15) is 16.8 Å². The summed E-state index contributed by atoms with van der Waals surface area (Å²) in [4.78, 5) is 9.21. The van der Waals surface area contributed by atoms with Crippen LogP contribution in [0.4, 0.5) is 5.82 Å². The lowest BCUT2D eigenvalue weighted by molar-refractivity contribution is 0.122. The third kappa shape index (κ3) is 3.27. The molecular weight excluding hydrogens is 250 g/mol. The number of piperazine rings is 1. The maximum Gasteiger partial charge on any atom is 0.144 e. The quantitative estimate of drug-likeness (QED) is 0.897. The van der Waals surface area contributed by atoms with Crippen LogP contribution in [0.25, 0.3) is 0 Å². The van der Waals surface area contributed by atoms with Crippen molar-refractivity contribution in [2.75, 3.05) is 45.6 Å². The summed E-state index contributed by atoms with van der Waals surface area (Å²) in [5.74, 6) is 0.706. The molecule has 1 aliphatic heterocycles. The molecule has 5 heteroatoms. The average Bonchev–Trinajstić information content (AvgIpc) is 2.43. The molecule has 20 heavy (non-hydrogen) atoms. The SMILES string of the molecule is Cc1cc(C#N)c(NCC2CN(C)CCN2C)nc1C. The van der Waals surface area contributed by atoms with Gasteiger partial charge >= 0.3 is 0 Å². The number of nitrogens with one attached hydrogen (secondary N) is 1. The molecule has 1 atom stereocenters. The van der Waals surface area contributed by atoms with E-state index in [-0.39, 0.29) is 0 Å². The lowest BCUT2D eigenvalue weighted by atomic mass is 10.1. The van der Waals surface area contributed by atoms with E-state index in [2.05, 4.69) is 40.3 Å². The Morgan fingerprint density at radius 3 is 2.85 bits per heavy atom. The summed E-state index contributed by atoms with van der Waals surface area (Å²) in [6.07, 6.45) is 0. The van der Waals surface area contributed by atoms with Gasteiger partial charge in [-0.2, -0.15) is 5.26 Å². The lowest BCUT2D eigenvalue weighted by Crippen LogP contribution is -2.52. The Hall–Kier alpha value is -1.64. The number of nitriles is 1. The van der Waals surface area contributed by atoms with Gasteiger partial charge in [-0.05, 0) is 39.6 Å². The number of hydrogen-bond donors (Lipinski definition) is 1. The second kappa shape index (κ2) is 6.21. The van der Waals surface area contributed by atoms with Gasteiger partial charge in [0.25, 0.3) is 0 Å². The van der Waals surface area contributed by atoms with Crippen LogP contribution in [0.2, 0.25) is 0 Å². The minimum atomic E-state index is 0.448. The molecule has 2 heterocycles. The number of likely N-dealkylation sites (N-methyl/N-ethyl adjacent to an activating group) is 2. The van der Waals surface area contributed by atoms with E-state index in [1.165, 1.54) is 0 Å². The predicted molar refractivity (Wildman–Crippen MR) is 80.8 cm³/mol. The second-order valence-corrected chi connectivity index (χ2v) is 5.68. The molecule has 0 aromatic carbocycles. The molecule has 1 N–H and O–H groups in total. The maximum absolute atomic E-state index is 9.22. The number of aryl methyl sites for hydroxylation is 2. The van der Waals surface area contributed by atoms with Gasteiger partial charge in [0.1, 0.15) is 11.9 Å². The largest absolute Gasteiger partial charge is 0.367 e. The van der Waals surface area contributed by atoms with E-state index in [9.17, 15) is 5.26 Å². The van der Waals surface area contributed by atoms with Gasteiger partial charge in [0.15, 0.2) is 0 Å². The molecule has 1 saturated heterocycles. The van der Waals surface area contributed by atoms with Crippen molar-refractivity contribution < 1.29 is 0 Å². The lowest BCUT2D eigenvalue weighted by Gasteiger charge is -2.37. The van der Waals surface area contributed by atoms with E-state index in [1.54, 1.807) is 0 Å². The summed E-state index contributed by atoms with van der Waals surface area (Å²) in [5.41, 5.74) is 2.65. The summed E-state index contributed by atoms with van der Waals surface area (Å²) in [5, 5.41) is 12.6. The zero-order valence-electron chi connectivity index (χ0n) is 12.8. The molecule has 5 nitrogen and oxygen atoms in total. The minimum absolute atomic E-state index is 0.448. The molecule has 1 aromatic rings. The fourth-order valence-corrected chi connectivity index (χ4v) is 2.46. The molecule has 2 rings (SSSR count). The molecule has 1 aromatic heterocycles. The van der Waals surface area contributed by atoms with Crippen molar-refractivity contribution in [3.05, 3.63) is 22.9 Å². The Morgan fingerprint density at radius 1 is 1.40 bits per heavy atom. The molecule has 1 aliphatic rings. The molecule has 0 spiro atoms. The Labute approximate surface area is 121 Å². The van der Waals surface area contributed by atoms with Crippen LogP contribution in [-0.2, 0) is 0 Å². The zero-order chi connectivity index (χ0) is 14.7. The molecule has 1 unspecified atom stereocenters. The van der Waals surface area contributed by atoms with Crippen LogP contribution in [0.5, 0.6) is 0 Å². The van der Waals surface area contributed by atoms with E-state index < -0.39 is 0 Å². The number of anilines is 1. The Morgan fingerprint density at radius 2 is 2.15 bits per heavy atom. The van der Waals surface area contributed by atoms with Gasteiger partial charge in [-0.15, -0.1) is 0 Å². The van der Waals surface area contributed by atoms with Crippen molar-refractivity contribution in [3.63, 3.8) is 0 Å². The normalized spacial score (nSPS) is 20.6. The molecule has 0 aliphatic carbocycles. The van der Waals surface area contributed by atoms with Crippen molar-refractivity contribution in [2.45, 2.75) is 19.9 Å². The standard InChI is InChI=1S/C15H23N5/c1-11-7-13(8-16)15(18-12(11)2)17-9-14-10-19(3)5-6-20(14)4/h7,14H,5-6,9-10H2,1-4H3,(H,17,18). The third-order valence-electron chi connectivity index (χ3n) is 4.07. The van der Waals surface area contributed by atoms with Crippen LogP contribution in [0.3, 0.4) is 0 Å². The monoisotopic (exact) mass is 273 g/mol. The summed E-state index contributed by atoms with van der Waals surface area (Å²) >= 11 is 0. The summed E-state index contributed by atoms with van der Waals surface area (Å²) in [6, 6.07) is 4.57. The van der Waals surface area contributed by atoms with Crippen molar-refractivity contribution in [1.82, 2.24) is 14.8 Å². The number of hydrogen-bond acceptors (Lipinski definition) is 5. The number of rotatable bonds is 3. The van der Waals surface area contributed by atoms with Crippen LogP contribution in [0, 0.1) is 25.2 Å². The highest BCUT2D eigenvalue weighted by molar-refractivity contribution is 5.54. The Kier molecular flexibility index (Phi) is 4.58. The van der Waals surface area contributed by atoms with Crippen molar-refractivity contribution in [3.8, 4) is 6.07 Å². The van der Waals surface area contributed by atoms with Gasteiger partial charge < -0.3 is 10.2 Å². The molecule has 1 fully saturated rings. The van der Waals surface area contributed by atoms with Gasteiger partial charge in [-0.1, -0.05) is 0 Å². The number of pyridine rings is 1. The highest BCUT2D eigenvalue weighted by atomic mass is 15.3. The van der Waals surface area contributed by atoms with Crippen molar-refractivity contribution in [1.29, 1.82) is 5.26 Å². The fourth-order valence-electron chi connectivity index (χ4n) is 2.46. The molecule has 108 valence electrons. The van der Waals surface area contributed by atoms with Crippen molar-refractivity contribution in [2.24, 2.45) is 0 Å². The molecule has 0 bridgehead atoms. The van der Waals surface area contributed by atoms with E-state index >= 15 is 0 Å². The van der Waals surface area contributed by atoms with E-state index in [0.29, 0.717) is 17.4 Å². The van der Waals surface area contributed by atoms with Crippen LogP contribution in [0.15, 0.2) is 6.07 Å². The average molecular weight is 273 g/mol. The van der Waals surface area contributed by atoms with Gasteiger partial charge in [0.05, 0.1) is 5.56 Å². The van der Waals surface area contributed by atoms with Gasteiger partial charge in [-0.3, -0.25) is 4.90 Å². The molecule has 0 amide bonds. The van der Waals surface area contributed by atoms with Crippen LogP contribution in [-0.4, -0.2) is 61.1 Å². The molecule has 0 saturated carbocycles. The number of aromatic nitrogens is 1. The third-order valence-corrected chi connectivity index (χ3v) is 4.07. The zero-order valence-corrected chi connectivity index (χ0v) is 12.8. The second-order valence-electron chi connectivity index (χ2n) is 5.68. The van der Waals surface area contributed by atoms with Crippen LogP contribution >= 0.6 is 0 Å². The summed E-state index contributed by atoms with van der Waals surface area (Å²) in [7, 11) is 4.30. The minimum Gasteiger partial charge on any atom is -0.367 e. The Bertz CT molecular complexity index is 520. The summed E-state index contributed by atoms with van der Waals surface area (Å²) in [6.45, 7) is 7.99. The first-order valence-corrected chi connectivity index (χ1v) is 7.02. The van der Waals surface area contributed by atoms with E-state index in [0.717, 1.165) is 37.4 Å². The Balaban J connectivity index is 2.07. The molecular formula is C15H23N5.